The van der Waals surface area contributed by atoms with Crippen molar-refractivity contribution in [3.63, 3.8) is 0 Å². The maximum absolute atomic E-state index is 14.2. The number of imidazole rings is 1. The quantitative estimate of drug-likeness (QED) is 0.137. The normalized spacial score (nSPS) is 18.2. The van der Waals surface area contributed by atoms with E-state index >= 15 is 0 Å². The molecule has 5 N–H and O–H groups in total. The highest BCUT2D eigenvalue weighted by Crippen LogP contribution is 2.31. The predicted molar refractivity (Wildman–Crippen MR) is 176 cm³/mol. The molecule has 3 aromatic heterocycles. The molecule has 0 radical (unpaired) electrons. The molecule has 2 aliphatic rings. The van der Waals surface area contributed by atoms with Crippen LogP contribution in [0, 0.1) is 11.8 Å². The van der Waals surface area contributed by atoms with Crippen molar-refractivity contribution >= 4 is 28.7 Å². The minimum atomic E-state index is -1.03. The van der Waals surface area contributed by atoms with Crippen LogP contribution < -0.4 is 10.6 Å². The van der Waals surface area contributed by atoms with Gasteiger partial charge in [-0.1, -0.05) is 50.3 Å². The summed E-state index contributed by atoms with van der Waals surface area (Å²) in [5.74, 6) is -1.42. The van der Waals surface area contributed by atoms with Crippen molar-refractivity contribution in [1.29, 1.82) is 0 Å². The molecule has 4 atom stereocenters. The number of amides is 3. The Kier molecular flexibility index (Phi) is 11.2. The zero-order chi connectivity index (χ0) is 33.3. The van der Waals surface area contributed by atoms with E-state index in [-0.39, 0.29) is 25.2 Å². The van der Waals surface area contributed by atoms with Gasteiger partial charge in [-0.05, 0) is 36.5 Å². The first-order valence-corrected chi connectivity index (χ1v) is 17.0. The number of nitrogens with one attached hydrogen (secondary N) is 4. The van der Waals surface area contributed by atoms with Gasteiger partial charge in [-0.2, -0.15) is 5.10 Å². The molecule has 13 nitrogen and oxygen atoms in total. The fraction of sp³-hybridized carbons (Fsp3) is 0.514. The highest BCUT2D eigenvalue weighted by Gasteiger charge is 2.34. The van der Waals surface area contributed by atoms with Crippen molar-refractivity contribution in [2.45, 2.75) is 76.0 Å². The third-order valence-corrected chi connectivity index (χ3v) is 9.63. The van der Waals surface area contributed by atoms with Gasteiger partial charge in [0.25, 0.3) is 0 Å². The van der Waals surface area contributed by atoms with E-state index in [2.05, 4.69) is 30.8 Å². The van der Waals surface area contributed by atoms with Gasteiger partial charge in [-0.25, -0.2) is 4.98 Å². The average Bonchev–Trinajstić information content (AvgIpc) is 3.91. The van der Waals surface area contributed by atoms with Crippen LogP contribution in [0.3, 0.4) is 0 Å². The summed E-state index contributed by atoms with van der Waals surface area (Å²) in [6.07, 6.45) is 11.9. The number of aliphatic hydroxyl groups excluding tert-OH is 1. The van der Waals surface area contributed by atoms with Crippen LogP contribution in [0.2, 0.25) is 0 Å². The monoisotopic (exact) mass is 659 g/mol. The molecule has 3 amide bonds. The number of ether oxygens (including phenoxy) is 1. The first-order chi connectivity index (χ1) is 23.4. The largest absolute Gasteiger partial charge is 0.464 e. The number of rotatable bonds is 14. The molecule has 1 aliphatic carbocycles. The Morgan fingerprint density at radius 3 is 2.58 bits per heavy atom. The van der Waals surface area contributed by atoms with E-state index in [9.17, 15) is 19.5 Å². The molecule has 4 heterocycles. The van der Waals surface area contributed by atoms with Gasteiger partial charge in [0.1, 0.15) is 17.7 Å². The number of carbonyl (C=O) groups excluding carboxylic acids is 3. The Morgan fingerprint density at radius 1 is 1.02 bits per heavy atom. The van der Waals surface area contributed by atoms with Gasteiger partial charge in [0.05, 0.1) is 49.2 Å². The highest BCUT2D eigenvalue weighted by atomic mass is 16.5. The maximum atomic E-state index is 14.2. The first-order valence-electron chi connectivity index (χ1n) is 17.0. The van der Waals surface area contributed by atoms with Crippen LogP contribution in [0.15, 0.2) is 59.7 Å². The van der Waals surface area contributed by atoms with E-state index in [4.69, 9.17) is 9.15 Å². The number of aromatic amines is 2. The van der Waals surface area contributed by atoms with Crippen LogP contribution in [0.4, 0.5) is 0 Å². The summed E-state index contributed by atoms with van der Waals surface area (Å²) in [4.78, 5) is 50.7. The number of morpholine rings is 1. The van der Waals surface area contributed by atoms with Gasteiger partial charge in [0, 0.05) is 43.7 Å². The van der Waals surface area contributed by atoms with Crippen molar-refractivity contribution in [2.24, 2.45) is 11.8 Å². The topological polar surface area (TPSA) is 178 Å². The summed E-state index contributed by atoms with van der Waals surface area (Å²) in [5.41, 5.74) is 2.54. The van der Waals surface area contributed by atoms with Crippen LogP contribution in [0.25, 0.3) is 11.0 Å². The average molecular weight is 660 g/mol. The Morgan fingerprint density at radius 2 is 1.83 bits per heavy atom. The number of benzene rings is 1. The predicted octanol–water partition coefficient (Wildman–Crippen LogP) is 3.20. The molecule has 1 saturated heterocycles. The molecule has 2 fully saturated rings. The number of hydrogen-bond acceptors (Lipinski definition) is 8. The standard InChI is InChI=1S/C35H45N7O6/c43-32(42-12-14-47-15-13-42)18-24(17-25-21-48-31-9-5-4-8-27(25)31)34(45)40-30(19-26-20-36-22-37-26)35(46)39-29(16-23-6-2-1-3-7-23)33(44)28-10-11-38-41-28/h4-5,8-11,20-24,29-30,33,44H,1-3,6-7,12-19H2,(H,36,37)(H,38,41)(H,39,46)(H,40,45)/t24-,29-,30+,33-/m1/s1. The molecular weight excluding hydrogens is 614 g/mol. The second kappa shape index (κ2) is 16.1. The lowest BCUT2D eigenvalue weighted by Crippen LogP contribution is -2.54. The molecule has 1 aliphatic heterocycles. The minimum absolute atomic E-state index is 0.0374. The number of furan rings is 1. The van der Waals surface area contributed by atoms with E-state index in [1.165, 1.54) is 12.7 Å². The fourth-order valence-electron chi connectivity index (χ4n) is 6.95. The lowest BCUT2D eigenvalue weighted by atomic mass is 9.83. The summed E-state index contributed by atoms with van der Waals surface area (Å²) in [6.45, 7) is 1.83. The number of carbonyl (C=O) groups is 3. The number of H-pyrrole nitrogens is 2. The summed E-state index contributed by atoms with van der Waals surface area (Å²) in [6, 6.07) is 7.65. The van der Waals surface area contributed by atoms with Crippen LogP contribution in [0.5, 0.6) is 0 Å². The molecule has 4 aromatic rings. The number of aliphatic hydroxyl groups is 1. The zero-order valence-corrected chi connectivity index (χ0v) is 27.1. The van der Waals surface area contributed by atoms with Crippen molar-refractivity contribution in [3.8, 4) is 0 Å². The zero-order valence-electron chi connectivity index (χ0n) is 27.1. The van der Waals surface area contributed by atoms with Gasteiger partial charge in [0.2, 0.25) is 17.7 Å². The number of hydrogen-bond donors (Lipinski definition) is 5. The molecule has 256 valence electrons. The van der Waals surface area contributed by atoms with E-state index in [1.54, 1.807) is 29.6 Å². The summed E-state index contributed by atoms with van der Waals surface area (Å²) in [7, 11) is 0. The highest BCUT2D eigenvalue weighted by molar-refractivity contribution is 5.91. The third kappa shape index (κ3) is 8.50. The molecule has 0 spiro atoms. The van der Waals surface area contributed by atoms with Gasteiger partial charge in [-0.15, -0.1) is 0 Å². The van der Waals surface area contributed by atoms with E-state index < -0.39 is 35.9 Å². The Hall–Kier alpha value is -4.49. The Labute approximate surface area is 279 Å². The Bertz CT molecular complexity index is 1610. The first kappa shape index (κ1) is 33.4. The third-order valence-electron chi connectivity index (χ3n) is 9.63. The van der Waals surface area contributed by atoms with Crippen LogP contribution in [-0.4, -0.2) is 86.3 Å². The number of fused-ring (bicyclic) bond motifs is 1. The Balaban J connectivity index is 1.23. The van der Waals surface area contributed by atoms with Crippen LogP contribution in [0.1, 0.15) is 68.0 Å². The van der Waals surface area contributed by atoms with Crippen molar-refractivity contribution < 1.29 is 28.6 Å². The maximum Gasteiger partial charge on any atom is 0.243 e. The second-order valence-corrected chi connectivity index (χ2v) is 13.0. The molecule has 0 bridgehead atoms. The van der Waals surface area contributed by atoms with Gasteiger partial charge >= 0.3 is 0 Å². The molecule has 1 saturated carbocycles. The van der Waals surface area contributed by atoms with E-state index in [1.807, 2.05) is 24.3 Å². The smallest absolute Gasteiger partial charge is 0.243 e. The molecular formula is C35H45N7O6. The van der Waals surface area contributed by atoms with Gasteiger partial charge < -0.3 is 34.8 Å². The van der Waals surface area contributed by atoms with Gasteiger partial charge in [-0.3, -0.25) is 19.5 Å². The van der Waals surface area contributed by atoms with Crippen molar-refractivity contribution in [3.05, 3.63) is 72.3 Å². The van der Waals surface area contributed by atoms with Gasteiger partial charge in [0.15, 0.2) is 0 Å². The van der Waals surface area contributed by atoms with Crippen molar-refractivity contribution in [2.75, 3.05) is 26.3 Å². The second-order valence-electron chi connectivity index (χ2n) is 13.0. The van der Waals surface area contributed by atoms with Crippen LogP contribution >= 0.6 is 0 Å². The van der Waals surface area contributed by atoms with E-state index in [0.717, 1.165) is 36.6 Å². The molecule has 48 heavy (non-hydrogen) atoms. The number of aromatic nitrogens is 4. The lowest BCUT2D eigenvalue weighted by Gasteiger charge is -2.31. The summed E-state index contributed by atoms with van der Waals surface area (Å²) < 4.78 is 11.2. The van der Waals surface area contributed by atoms with E-state index in [0.29, 0.717) is 55.6 Å². The number of nitrogens with zero attached hydrogens (tertiary/aromatic N) is 3. The SMILES string of the molecule is O=C(N[C@@H](Cc1c[nH]cn1)C(=O)N[C@H](CC1CCCCC1)[C@H](O)c1cc[nH]n1)[C@@H](CC(=O)N1CCOCC1)Cc1coc2ccccc12. The molecule has 13 heteroatoms. The molecule has 0 unspecified atom stereocenters. The summed E-state index contributed by atoms with van der Waals surface area (Å²) >= 11 is 0. The molecule has 1 aromatic carbocycles. The van der Waals surface area contributed by atoms with Crippen LogP contribution in [-0.2, 0) is 32.0 Å². The lowest BCUT2D eigenvalue weighted by molar-refractivity contribution is -0.140. The minimum Gasteiger partial charge on any atom is -0.464 e. The molecule has 6 rings (SSSR count). The number of para-hydroxylation sites is 1. The summed E-state index contributed by atoms with van der Waals surface area (Å²) in [5, 5.41) is 25.2. The van der Waals surface area contributed by atoms with Crippen molar-refractivity contribution in [1.82, 2.24) is 35.7 Å². The fourth-order valence-corrected chi connectivity index (χ4v) is 6.95.